The predicted molar refractivity (Wildman–Crippen MR) is 123 cm³/mol. The average Bonchev–Trinajstić information content (AvgIpc) is 3.28. The summed E-state index contributed by atoms with van der Waals surface area (Å²) in [4.78, 5) is 27.8. The lowest BCUT2D eigenvalue weighted by atomic mass is 10.0. The third kappa shape index (κ3) is 5.78. The summed E-state index contributed by atoms with van der Waals surface area (Å²) in [7, 11) is 1.65. The molecule has 3 rings (SSSR count). The molecule has 30 heavy (non-hydrogen) atoms. The first-order valence-electron chi connectivity index (χ1n) is 9.90. The molecule has 0 unspecified atom stereocenters. The van der Waals surface area contributed by atoms with Crippen LogP contribution in [-0.4, -0.2) is 36.3 Å². The van der Waals surface area contributed by atoms with Gasteiger partial charge >= 0.3 is 0 Å². The summed E-state index contributed by atoms with van der Waals surface area (Å²) in [5.74, 6) is -0.355. The largest absolute Gasteiger partial charge is 0.335 e. The van der Waals surface area contributed by atoms with Gasteiger partial charge in [0, 0.05) is 17.6 Å². The van der Waals surface area contributed by atoms with Gasteiger partial charge in [-0.25, -0.2) is 0 Å². The van der Waals surface area contributed by atoms with Crippen LogP contribution in [0.4, 0.5) is 5.69 Å². The number of nitrogens with one attached hydrogen (secondary N) is 2. The van der Waals surface area contributed by atoms with Crippen LogP contribution in [0.1, 0.15) is 29.0 Å². The second-order valence-electron chi connectivity index (χ2n) is 7.36. The standard InChI is InChI=1S/C24H27N3O2S/c1-17-11-13-20(14-12-17)26-22(28)16-27(3)24(29)18(2)25-23(21-10-7-15-30-21)19-8-5-4-6-9-19/h4-15,18,23,25H,16H2,1-3H3,(H,26,28)/t18-,23+/m1/s1. The van der Waals surface area contributed by atoms with Crippen molar-refractivity contribution in [1.82, 2.24) is 10.2 Å². The summed E-state index contributed by atoms with van der Waals surface area (Å²) in [5.41, 5.74) is 2.94. The maximum atomic E-state index is 12.9. The lowest BCUT2D eigenvalue weighted by molar-refractivity contribution is -0.134. The molecular formula is C24H27N3O2S. The van der Waals surface area contributed by atoms with Crippen molar-refractivity contribution in [3.8, 4) is 0 Å². The quantitative estimate of drug-likeness (QED) is 0.572. The minimum absolute atomic E-state index is 0.00621. The number of hydrogen-bond acceptors (Lipinski definition) is 4. The van der Waals surface area contributed by atoms with Gasteiger partial charge in [-0.3, -0.25) is 14.9 Å². The van der Waals surface area contributed by atoms with Crippen molar-refractivity contribution in [2.45, 2.75) is 25.9 Å². The highest BCUT2D eigenvalue weighted by molar-refractivity contribution is 7.10. The first-order chi connectivity index (χ1) is 14.4. The Bertz CT molecular complexity index is 956. The molecule has 0 radical (unpaired) electrons. The summed E-state index contributed by atoms with van der Waals surface area (Å²) in [5, 5.41) is 8.29. The van der Waals surface area contributed by atoms with Crippen LogP contribution in [-0.2, 0) is 9.59 Å². The zero-order valence-electron chi connectivity index (χ0n) is 17.5. The molecule has 0 saturated carbocycles. The fourth-order valence-corrected chi connectivity index (χ4v) is 4.04. The third-order valence-corrected chi connectivity index (χ3v) is 5.78. The highest BCUT2D eigenvalue weighted by Gasteiger charge is 2.24. The van der Waals surface area contributed by atoms with Gasteiger partial charge in [-0.05, 0) is 43.0 Å². The minimum atomic E-state index is -0.450. The molecule has 0 saturated heterocycles. The number of amides is 2. The molecule has 3 aromatic rings. The molecule has 0 spiro atoms. The van der Waals surface area contributed by atoms with E-state index in [1.54, 1.807) is 18.4 Å². The zero-order valence-corrected chi connectivity index (χ0v) is 18.3. The van der Waals surface area contributed by atoms with Gasteiger partial charge in [-0.15, -0.1) is 11.3 Å². The lowest BCUT2D eigenvalue weighted by Gasteiger charge is -2.26. The Hall–Kier alpha value is -2.96. The van der Waals surface area contributed by atoms with Crippen molar-refractivity contribution in [2.75, 3.05) is 18.9 Å². The Morgan fingerprint density at radius 1 is 1.00 bits per heavy atom. The molecule has 2 amide bonds. The topological polar surface area (TPSA) is 61.4 Å². The highest BCUT2D eigenvalue weighted by Crippen LogP contribution is 2.26. The summed E-state index contributed by atoms with van der Waals surface area (Å²) < 4.78 is 0. The van der Waals surface area contributed by atoms with Gasteiger partial charge in [0.2, 0.25) is 11.8 Å². The van der Waals surface area contributed by atoms with E-state index in [1.807, 2.05) is 79.9 Å². The van der Waals surface area contributed by atoms with Crippen LogP contribution in [0.25, 0.3) is 0 Å². The predicted octanol–water partition coefficient (Wildman–Crippen LogP) is 4.22. The Morgan fingerprint density at radius 2 is 1.70 bits per heavy atom. The number of nitrogens with zero attached hydrogens (tertiary/aromatic N) is 1. The second kappa shape index (κ2) is 10.2. The molecular weight excluding hydrogens is 394 g/mol. The molecule has 0 bridgehead atoms. The summed E-state index contributed by atoms with van der Waals surface area (Å²) in [6.45, 7) is 3.82. The molecule has 2 atom stereocenters. The van der Waals surface area contributed by atoms with E-state index in [2.05, 4.69) is 16.7 Å². The molecule has 156 valence electrons. The molecule has 0 fully saturated rings. The maximum Gasteiger partial charge on any atom is 0.243 e. The fraction of sp³-hybridized carbons (Fsp3) is 0.250. The Labute approximate surface area is 181 Å². The normalized spacial score (nSPS) is 12.8. The van der Waals surface area contributed by atoms with Crippen LogP contribution in [0.2, 0.25) is 0 Å². The maximum absolute atomic E-state index is 12.9. The van der Waals surface area contributed by atoms with Crippen molar-refractivity contribution in [3.63, 3.8) is 0 Å². The molecule has 0 aliphatic carbocycles. The summed E-state index contributed by atoms with van der Waals surface area (Å²) in [6, 6.07) is 21.2. The van der Waals surface area contributed by atoms with Gasteiger partial charge in [0.1, 0.15) is 0 Å². The number of likely N-dealkylation sites (N-methyl/N-ethyl adjacent to an activating group) is 1. The van der Waals surface area contributed by atoms with Gasteiger partial charge in [0.05, 0.1) is 18.6 Å². The van der Waals surface area contributed by atoms with E-state index in [-0.39, 0.29) is 24.4 Å². The van der Waals surface area contributed by atoms with Crippen molar-refractivity contribution in [2.24, 2.45) is 0 Å². The molecule has 5 nitrogen and oxygen atoms in total. The van der Waals surface area contributed by atoms with Crippen molar-refractivity contribution in [3.05, 3.63) is 88.1 Å². The number of anilines is 1. The number of thiophene rings is 1. The number of hydrogen-bond donors (Lipinski definition) is 2. The van der Waals surface area contributed by atoms with Crippen LogP contribution in [0.15, 0.2) is 72.1 Å². The van der Waals surface area contributed by atoms with E-state index in [1.165, 1.54) is 4.90 Å². The minimum Gasteiger partial charge on any atom is -0.335 e. The molecule has 1 aromatic heterocycles. The van der Waals surface area contributed by atoms with E-state index in [9.17, 15) is 9.59 Å². The zero-order chi connectivity index (χ0) is 21.5. The summed E-state index contributed by atoms with van der Waals surface area (Å²) in [6.07, 6.45) is 0. The van der Waals surface area contributed by atoms with Gasteiger partial charge < -0.3 is 10.2 Å². The van der Waals surface area contributed by atoms with Crippen LogP contribution < -0.4 is 10.6 Å². The molecule has 2 N–H and O–H groups in total. The van der Waals surface area contributed by atoms with Crippen LogP contribution in [0.5, 0.6) is 0 Å². The molecule has 0 aliphatic rings. The molecule has 1 heterocycles. The Morgan fingerprint density at radius 3 is 2.33 bits per heavy atom. The van der Waals surface area contributed by atoms with E-state index < -0.39 is 6.04 Å². The van der Waals surface area contributed by atoms with E-state index in [0.29, 0.717) is 0 Å². The SMILES string of the molecule is Cc1ccc(NC(=O)CN(C)C(=O)[C@@H](C)N[C@@H](c2ccccc2)c2cccs2)cc1. The average molecular weight is 422 g/mol. The van der Waals surface area contributed by atoms with E-state index in [4.69, 9.17) is 0 Å². The Kier molecular flexibility index (Phi) is 7.38. The van der Waals surface area contributed by atoms with Crippen LogP contribution in [0.3, 0.4) is 0 Å². The van der Waals surface area contributed by atoms with E-state index >= 15 is 0 Å². The first-order valence-corrected chi connectivity index (χ1v) is 10.8. The summed E-state index contributed by atoms with van der Waals surface area (Å²) >= 11 is 1.65. The first kappa shape index (κ1) is 21.7. The Balaban J connectivity index is 1.61. The number of carbonyl (C=O) groups excluding carboxylic acids is 2. The number of aryl methyl sites for hydroxylation is 1. The monoisotopic (exact) mass is 421 g/mol. The van der Waals surface area contributed by atoms with Crippen LogP contribution in [0, 0.1) is 6.92 Å². The second-order valence-corrected chi connectivity index (χ2v) is 8.34. The van der Waals surface area contributed by atoms with Gasteiger partial charge in [-0.2, -0.15) is 0 Å². The van der Waals surface area contributed by atoms with Crippen molar-refractivity contribution >= 4 is 28.8 Å². The fourth-order valence-electron chi connectivity index (χ4n) is 3.23. The molecule has 6 heteroatoms. The highest BCUT2D eigenvalue weighted by atomic mass is 32.1. The van der Waals surface area contributed by atoms with Crippen LogP contribution >= 0.6 is 11.3 Å². The van der Waals surface area contributed by atoms with Gasteiger partial charge in [0.15, 0.2) is 0 Å². The number of benzene rings is 2. The van der Waals surface area contributed by atoms with Crippen molar-refractivity contribution in [1.29, 1.82) is 0 Å². The molecule has 2 aromatic carbocycles. The lowest BCUT2D eigenvalue weighted by Crippen LogP contribution is -2.46. The smallest absolute Gasteiger partial charge is 0.243 e. The number of rotatable bonds is 8. The molecule has 0 aliphatic heterocycles. The van der Waals surface area contributed by atoms with Gasteiger partial charge in [-0.1, -0.05) is 54.1 Å². The van der Waals surface area contributed by atoms with E-state index in [0.717, 1.165) is 21.7 Å². The van der Waals surface area contributed by atoms with Gasteiger partial charge in [0.25, 0.3) is 0 Å². The third-order valence-electron chi connectivity index (χ3n) is 4.84. The number of carbonyl (C=O) groups is 2. The van der Waals surface area contributed by atoms with Crippen molar-refractivity contribution < 1.29 is 9.59 Å².